The third-order valence-electron chi connectivity index (χ3n) is 6.51. The van der Waals surface area contributed by atoms with Crippen LogP contribution in [0.4, 0.5) is 0 Å². The lowest BCUT2D eigenvalue weighted by molar-refractivity contribution is -0.165. The molecule has 0 aromatic heterocycles. The lowest BCUT2D eigenvalue weighted by Gasteiger charge is -2.32. The molecular weight excluding hydrogens is 347 g/mol. The van der Waals surface area contributed by atoms with Crippen LogP contribution in [0.1, 0.15) is 54.4 Å². The van der Waals surface area contributed by atoms with E-state index in [1.165, 1.54) is 14.2 Å². The van der Waals surface area contributed by atoms with Crippen LogP contribution in [0.25, 0.3) is 0 Å². The Kier molecular flexibility index (Phi) is 6.17. The summed E-state index contributed by atoms with van der Waals surface area (Å²) in [6.45, 7) is 12.3. The summed E-state index contributed by atoms with van der Waals surface area (Å²) >= 11 is 0. The van der Waals surface area contributed by atoms with Crippen molar-refractivity contribution in [2.24, 2.45) is 17.3 Å². The Hall–Kier alpha value is -1.34. The maximum atomic E-state index is 12.6. The fourth-order valence-electron chi connectivity index (χ4n) is 3.99. The van der Waals surface area contributed by atoms with Crippen molar-refractivity contribution >= 4 is 19.1 Å². The average molecular weight is 380 g/mol. The van der Waals surface area contributed by atoms with Crippen molar-refractivity contribution in [1.29, 1.82) is 0 Å². The van der Waals surface area contributed by atoms with E-state index in [1.807, 2.05) is 27.7 Å². The first-order chi connectivity index (χ1) is 12.4. The van der Waals surface area contributed by atoms with Crippen molar-refractivity contribution in [3.8, 4) is 0 Å². The number of hydrogen-bond donors (Lipinski definition) is 0. The highest BCUT2D eigenvalue weighted by molar-refractivity contribution is 6.45. The molecule has 7 heteroatoms. The Morgan fingerprint density at radius 3 is 2.04 bits per heavy atom. The molecule has 1 saturated heterocycles. The Morgan fingerprint density at radius 2 is 1.63 bits per heavy atom. The van der Waals surface area contributed by atoms with E-state index in [1.54, 1.807) is 6.08 Å². The van der Waals surface area contributed by atoms with Gasteiger partial charge in [-0.3, -0.25) is 9.59 Å². The Morgan fingerprint density at radius 1 is 1.15 bits per heavy atom. The van der Waals surface area contributed by atoms with E-state index in [2.05, 4.69) is 13.8 Å². The first-order valence-electron chi connectivity index (χ1n) is 9.69. The van der Waals surface area contributed by atoms with Gasteiger partial charge >= 0.3 is 19.1 Å². The molecule has 27 heavy (non-hydrogen) atoms. The summed E-state index contributed by atoms with van der Waals surface area (Å²) in [6.07, 6.45) is 3.58. The van der Waals surface area contributed by atoms with E-state index < -0.39 is 35.7 Å². The minimum atomic E-state index is -1.39. The highest BCUT2D eigenvalue weighted by atomic mass is 16.7. The van der Waals surface area contributed by atoms with Gasteiger partial charge in [-0.2, -0.15) is 0 Å². The molecule has 0 aromatic rings. The van der Waals surface area contributed by atoms with Crippen molar-refractivity contribution in [2.45, 2.75) is 71.9 Å². The summed E-state index contributed by atoms with van der Waals surface area (Å²) < 4.78 is 22.2. The Labute approximate surface area is 163 Å². The number of esters is 2. The van der Waals surface area contributed by atoms with E-state index in [9.17, 15) is 9.59 Å². The van der Waals surface area contributed by atoms with Gasteiger partial charge in [0, 0.05) is 0 Å². The third kappa shape index (κ3) is 3.81. The van der Waals surface area contributed by atoms with Gasteiger partial charge in [0.25, 0.3) is 0 Å². The maximum Gasteiger partial charge on any atom is 0.458 e. The molecular formula is C20H33BO6. The van der Waals surface area contributed by atoms with Crippen LogP contribution < -0.4 is 0 Å². The zero-order valence-corrected chi connectivity index (χ0v) is 17.9. The average Bonchev–Trinajstić information content (AvgIpc) is 3.07. The number of ether oxygens (including phenoxy) is 2. The van der Waals surface area contributed by atoms with Crippen LogP contribution in [0, 0.1) is 17.3 Å². The van der Waals surface area contributed by atoms with Crippen LogP contribution >= 0.6 is 0 Å². The van der Waals surface area contributed by atoms with Crippen LogP contribution in [0.15, 0.2) is 11.6 Å². The van der Waals surface area contributed by atoms with E-state index in [0.717, 1.165) is 12.0 Å². The van der Waals surface area contributed by atoms with E-state index in [0.29, 0.717) is 12.7 Å². The molecule has 2 rings (SSSR count). The van der Waals surface area contributed by atoms with Crippen LogP contribution in [0.3, 0.4) is 0 Å². The monoisotopic (exact) mass is 380 g/mol. The molecule has 152 valence electrons. The lowest BCUT2D eigenvalue weighted by atomic mass is 9.71. The number of hydrogen-bond acceptors (Lipinski definition) is 6. The molecule has 1 heterocycles. The van der Waals surface area contributed by atoms with Crippen molar-refractivity contribution in [2.75, 3.05) is 14.2 Å². The maximum absolute atomic E-state index is 12.6. The quantitative estimate of drug-likeness (QED) is 0.304. The van der Waals surface area contributed by atoms with E-state index in [4.69, 9.17) is 18.8 Å². The highest BCUT2D eigenvalue weighted by Crippen LogP contribution is 2.49. The molecule has 0 radical (unpaired) electrons. The van der Waals surface area contributed by atoms with Gasteiger partial charge in [0.1, 0.15) is 0 Å². The number of carbonyl (C=O) groups is 2. The number of allylic oxidation sites excluding steroid dienone is 1. The molecule has 2 unspecified atom stereocenters. The van der Waals surface area contributed by atoms with Gasteiger partial charge < -0.3 is 18.8 Å². The zero-order chi connectivity index (χ0) is 20.6. The molecule has 6 nitrogen and oxygen atoms in total. The summed E-state index contributed by atoms with van der Waals surface area (Å²) in [6, 6.07) is 0. The van der Waals surface area contributed by atoms with Crippen LogP contribution in [0.5, 0.6) is 0 Å². The van der Waals surface area contributed by atoms with E-state index in [-0.39, 0.29) is 11.8 Å². The normalized spacial score (nSPS) is 26.4. The fourth-order valence-corrected chi connectivity index (χ4v) is 3.99. The second-order valence-electron chi connectivity index (χ2n) is 8.73. The molecule has 0 spiro atoms. The van der Waals surface area contributed by atoms with Crippen LogP contribution in [0.2, 0.25) is 6.32 Å². The predicted molar refractivity (Wildman–Crippen MR) is 103 cm³/mol. The minimum Gasteiger partial charge on any atom is -0.468 e. The number of rotatable bonds is 6. The first-order valence-corrected chi connectivity index (χ1v) is 9.69. The van der Waals surface area contributed by atoms with Gasteiger partial charge in [0.15, 0.2) is 5.41 Å². The summed E-state index contributed by atoms with van der Waals surface area (Å²) in [5.74, 6) is -0.945. The van der Waals surface area contributed by atoms with Crippen molar-refractivity contribution in [1.82, 2.24) is 0 Å². The van der Waals surface area contributed by atoms with Crippen LogP contribution in [-0.2, 0) is 28.4 Å². The SMILES string of the molecule is CCC(C)C1=CC(C(=O)OC)(C(=O)OC)CC1CB1OC(C)(C)C(C)(C)O1. The summed E-state index contributed by atoms with van der Waals surface area (Å²) in [5, 5.41) is 0. The summed E-state index contributed by atoms with van der Waals surface area (Å²) in [4.78, 5) is 25.1. The summed E-state index contributed by atoms with van der Waals surface area (Å²) in [5.41, 5.74) is -1.16. The molecule has 0 N–H and O–H groups in total. The van der Waals surface area contributed by atoms with Gasteiger partial charge in [0.05, 0.1) is 25.4 Å². The lowest BCUT2D eigenvalue weighted by Crippen LogP contribution is -2.41. The summed E-state index contributed by atoms with van der Waals surface area (Å²) in [7, 11) is 2.20. The first kappa shape index (κ1) is 22.0. The van der Waals surface area contributed by atoms with Gasteiger partial charge in [-0.1, -0.05) is 25.5 Å². The molecule has 0 bridgehead atoms. The van der Waals surface area contributed by atoms with Crippen LogP contribution in [-0.4, -0.2) is 44.5 Å². The molecule has 2 atom stereocenters. The molecule has 0 saturated carbocycles. The second kappa shape index (κ2) is 7.59. The third-order valence-corrected chi connectivity index (χ3v) is 6.51. The molecule has 1 aliphatic heterocycles. The van der Waals surface area contributed by atoms with Crippen molar-refractivity contribution in [3.05, 3.63) is 11.6 Å². The Balaban J connectivity index is 2.33. The zero-order valence-electron chi connectivity index (χ0n) is 17.9. The largest absolute Gasteiger partial charge is 0.468 e. The van der Waals surface area contributed by atoms with Crippen molar-refractivity contribution in [3.63, 3.8) is 0 Å². The number of methoxy groups -OCH3 is 2. The van der Waals surface area contributed by atoms with Gasteiger partial charge in [-0.25, -0.2) is 0 Å². The molecule has 1 fully saturated rings. The fraction of sp³-hybridized carbons (Fsp3) is 0.800. The second-order valence-corrected chi connectivity index (χ2v) is 8.73. The molecule has 0 amide bonds. The molecule has 2 aliphatic rings. The predicted octanol–water partition coefficient (Wildman–Crippen LogP) is 3.40. The van der Waals surface area contributed by atoms with Gasteiger partial charge in [0.2, 0.25) is 0 Å². The molecule has 1 aliphatic carbocycles. The van der Waals surface area contributed by atoms with E-state index >= 15 is 0 Å². The topological polar surface area (TPSA) is 71.1 Å². The van der Waals surface area contributed by atoms with Crippen molar-refractivity contribution < 1.29 is 28.4 Å². The minimum absolute atomic E-state index is 0.0205. The van der Waals surface area contributed by atoms with Gasteiger partial charge in [-0.05, 0) is 58.7 Å². The number of carbonyl (C=O) groups excluding carboxylic acids is 2. The Bertz CT molecular complexity index is 592. The van der Waals surface area contributed by atoms with Gasteiger partial charge in [-0.15, -0.1) is 0 Å². The smallest absolute Gasteiger partial charge is 0.458 e. The highest BCUT2D eigenvalue weighted by Gasteiger charge is 2.56. The molecule has 0 aromatic carbocycles. The standard InChI is InChI=1S/C20H33BO6/c1-9-13(2)15-11-20(16(22)24-7,17(23)25-8)10-14(15)12-21-26-18(3,4)19(5,6)27-21/h11,13-14H,9-10,12H2,1-8H3.